The monoisotopic (exact) mass is 294 g/mol. The number of nitrogens with one attached hydrogen (secondary N) is 2. The molecule has 0 spiro atoms. The molecule has 2 rings (SSSR count). The quantitative estimate of drug-likeness (QED) is 0.732. The number of nitrogens with zero attached hydrogens (tertiary/aromatic N) is 2. The Labute approximate surface area is 123 Å². The predicted molar refractivity (Wildman–Crippen MR) is 85.6 cm³/mol. The number of fused-ring (bicyclic) bond motifs is 1. The van der Waals surface area contributed by atoms with E-state index >= 15 is 0 Å². The van der Waals surface area contributed by atoms with Crippen molar-refractivity contribution in [2.24, 2.45) is 0 Å². The minimum atomic E-state index is -0.689. The number of aliphatic hydroxyl groups is 1. The fourth-order valence-corrected chi connectivity index (χ4v) is 2.74. The minimum Gasteiger partial charge on any atom is -0.388 e. The number of aromatic nitrogens is 2. The molecule has 0 aliphatic carbocycles. The van der Waals surface area contributed by atoms with Crippen molar-refractivity contribution < 1.29 is 5.11 Å². The van der Waals surface area contributed by atoms with E-state index in [-0.39, 0.29) is 0 Å². The van der Waals surface area contributed by atoms with E-state index in [0.717, 1.165) is 22.6 Å². The molecule has 0 fully saturated rings. The molecule has 2 heterocycles. The summed E-state index contributed by atoms with van der Waals surface area (Å²) in [7, 11) is 0. The largest absolute Gasteiger partial charge is 0.388 e. The van der Waals surface area contributed by atoms with Crippen molar-refractivity contribution in [2.75, 3.05) is 23.7 Å². The van der Waals surface area contributed by atoms with Gasteiger partial charge >= 0.3 is 0 Å². The Morgan fingerprint density at radius 1 is 1.20 bits per heavy atom. The van der Waals surface area contributed by atoms with Gasteiger partial charge in [-0.3, -0.25) is 0 Å². The van der Waals surface area contributed by atoms with Gasteiger partial charge < -0.3 is 15.7 Å². The molecule has 0 saturated heterocycles. The summed E-state index contributed by atoms with van der Waals surface area (Å²) >= 11 is 1.59. The predicted octanol–water partition coefficient (Wildman–Crippen LogP) is 3.09. The van der Waals surface area contributed by atoms with Crippen molar-refractivity contribution in [3.05, 3.63) is 11.4 Å². The van der Waals surface area contributed by atoms with E-state index in [4.69, 9.17) is 0 Å². The number of hydrogen-bond acceptors (Lipinski definition) is 6. The molecule has 2 aromatic heterocycles. The SMILES string of the molecule is CCNc1nc(NCC(O)(CC)CC)c2ccsc2n1. The van der Waals surface area contributed by atoms with Crippen LogP contribution in [0.3, 0.4) is 0 Å². The van der Waals surface area contributed by atoms with Crippen LogP contribution in [-0.2, 0) is 0 Å². The molecule has 110 valence electrons. The normalized spacial score (nSPS) is 11.8. The molecular formula is C14H22N4OS. The van der Waals surface area contributed by atoms with Crippen LogP contribution in [0.25, 0.3) is 10.2 Å². The molecule has 0 aliphatic heterocycles. The maximum Gasteiger partial charge on any atom is 0.226 e. The maximum absolute atomic E-state index is 10.4. The highest BCUT2D eigenvalue weighted by Gasteiger charge is 2.22. The smallest absolute Gasteiger partial charge is 0.226 e. The molecule has 5 nitrogen and oxygen atoms in total. The zero-order chi connectivity index (χ0) is 14.6. The van der Waals surface area contributed by atoms with E-state index in [1.165, 1.54) is 0 Å². The Bertz CT molecular complexity index is 565. The van der Waals surface area contributed by atoms with Crippen LogP contribution in [0.15, 0.2) is 11.4 Å². The van der Waals surface area contributed by atoms with Gasteiger partial charge in [0, 0.05) is 13.1 Å². The van der Waals surface area contributed by atoms with Crippen molar-refractivity contribution in [1.82, 2.24) is 9.97 Å². The van der Waals surface area contributed by atoms with E-state index in [0.29, 0.717) is 25.3 Å². The third-order valence-corrected chi connectivity index (χ3v) is 4.37. The van der Waals surface area contributed by atoms with Gasteiger partial charge in [0.15, 0.2) is 0 Å². The average molecular weight is 294 g/mol. The van der Waals surface area contributed by atoms with Crippen LogP contribution < -0.4 is 10.6 Å². The number of anilines is 2. The van der Waals surface area contributed by atoms with Crippen molar-refractivity contribution in [3.8, 4) is 0 Å². The first-order chi connectivity index (χ1) is 9.61. The molecule has 0 amide bonds. The first-order valence-electron chi connectivity index (χ1n) is 7.07. The zero-order valence-electron chi connectivity index (χ0n) is 12.2. The van der Waals surface area contributed by atoms with E-state index in [1.54, 1.807) is 11.3 Å². The van der Waals surface area contributed by atoms with Gasteiger partial charge in [-0.05, 0) is 31.2 Å². The van der Waals surface area contributed by atoms with Crippen LogP contribution in [-0.4, -0.2) is 33.8 Å². The Morgan fingerprint density at radius 2 is 1.95 bits per heavy atom. The van der Waals surface area contributed by atoms with Crippen molar-refractivity contribution in [2.45, 2.75) is 39.2 Å². The second kappa shape index (κ2) is 6.37. The summed E-state index contributed by atoms with van der Waals surface area (Å²) in [4.78, 5) is 9.91. The maximum atomic E-state index is 10.4. The highest BCUT2D eigenvalue weighted by Crippen LogP contribution is 2.27. The fourth-order valence-electron chi connectivity index (χ4n) is 1.98. The summed E-state index contributed by atoms with van der Waals surface area (Å²) in [6, 6.07) is 2.01. The van der Waals surface area contributed by atoms with E-state index in [2.05, 4.69) is 20.6 Å². The third kappa shape index (κ3) is 3.19. The van der Waals surface area contributed by atoms with Crippen LogP contribution in [0, 0.1) is 0 Å². The molecule has 0 aromatic carbocycles. The summed E-state index contributed by atoms with van der Waals surface area (Å²) in [6.45, 7) is 7.28. The fraction of sp³-hybridized carbons (Fsp3) is 0.571. The number of rotatable bonds is 7. The van der Waals surface area contributed by atoms with Crippen LogP contribution in [0.4, 0.5) is 11.8 Å². The van der Waals surface area contributed by atoms with Crippen LogP contribution in [0.1, 0.15) is 33.6 Å². The molecular weight excluding hydrogens is 272 g/mol. The molecule has 0 unspecified atom stereocenters. The van der Waals surface area contributed by atoms with Gasteiger partial charge in [-0.1, -0.05) is 13.8 Å². The lowest BCUT2D eigenvalue weighted by atomic mass is 9.98. The van der Waals surface area contributed by atoms with Gasteiger partial charge in [-0.25, -0.2) is 4.98 Å². The van der Waals surface area contributed by atoms with E-state index in [9.17, 15) is 5.11 Å². The van der Waals surface area contributed by atoms with Gasteiger partial charge in [0.2, 0.25) is 5.95 Å². The van der Waals surface area contributed by atoms with E-state index < -0.39 is 5.60 Å². The molecule has 0 aliphatic rings. The molecule has 0 radical (unpaired) electrons. The summed E-state index contributed by atoms with van der Waals surface area (Å²) in [5.74, 6) is 1.41. The highest BCUT2D eigenvalue weighted by atomic mass is 32.1. The summed E-state index contributed by atoms with van der Waals surface area (Å²) in [5.41, 5.74) is -0.689. The van der Waals surface area contributed by atoms with Gasteiger partial charge in [0.05, 0.1) is 11.0 Å². The number of thiophene rings is 1. The number of hydrogen-bond donors (Lipinski definition) is 3. The first-order valence-corrected chi connectivity index (χ1v) is 7.95. The highest BCUT2D eigenvalue weighted by molar-refractivity contribution is 7.16. The Kier molecular flexibility index (Phi) is 4.77. The lowest BCUT2D eigenvalue weighted by molar-refractivity contribution is 0.0456. The van der Waals surface area contributed by atoms with E-state index in [1.807, 2.05) is 32.2 Å². The lowest BCUT2D eigenvalue weighted by Crippen LogP contribution is -2.35. The van der Waals surface area contributed by atoms with Crippen LogP contribution in [0.2, 0.25) is 0 Å². The van der Waals surface area contributed by atoms with Crippen molar-refractivity contribution in [3.63, 3.8) is 0 Å². The topological polar surface area (TPSA) is 70.1 Å². The Hall–Kier alpha value is -1.40. The first kappa shape index (κ1) is 15.0. The molecule has 0 atom stereocenters. The lowest BCUT2D eigenvalue weighted by Gasteiger charge is -2.25. The molecule has 0 bridgehead atoms. The Balaban J connectivity index is 2.25. The van der Waals surface area contributed by atoms with Crippen molar-refractivity contribution in [1.29, 1.82) is 0 Å². The second-order valence-corrected chi connectivity index (χ2v) is 5.75. The summed E-state index contributed by atoms with van der Waals surface area (Å²) in [6.07, 6.45) is 1.43. The Morgan fingerprint density at radius 3 is 2.60 bits per heavy atom. The molecule has 6 heteroatoms. The van der Waals surface area contributed by atoms with Gasteiger partial charge in [-0.15, -0.1) is 11.3 Å². The van der Waals surface area contributed by atoms with Gasteiger partial charge in [0.25, 0.3) is 0 Å². The molecule has 3 N–H and O–H groups in total. The second-order valence-electron chi connectivity index (χ2n) is 4.85. The average Bonchev–Trinajstić information content (AvgIpc) is 2.93. The van der Waals surface area contributed by atoms with Crippen LogP contribution in [0.5, 0.6) is 0 Å². The summed E-state index contributed by atoms with van der Waals surface area (Å²) in [5, 5.41) is 19.8. The molecule has 0 saturated carbocycles. The minimum absolute atomic E-state index is 0.494. The third-order valence-electron chi connectivity index (χ3n) is 3.56. The van der Waals surface area contributed by atoms with Crippen molar-refractivity contribution >= 4 is 33.3 Å². The van der Waals surface area contributed by atoms with Crippen LogP contribution >= 0.6 is 11.3 Å². The summed E-state index contributed by atoms with van der Waals surface area (Å²) < 4.78 is 0. The van der Waals surface area contributed by atoms with Gasteiger partial charge in [0.1, 0.15) is 10.6 Å². The zero-order valence-corrected chi connectivity index (χ0v) is 13.0. The standard InChI is InChI=1S/C14H22N4OS/c1-4-14(19,5-2)9-16-11-10-7-8-20-12(10)18-13(17-11)15-6-3/h7-8,19H,4-6,9H2,1-3H3,(H2,15,16,17,18). The molecule has 20 heavy (non-hydrogen) atoms. The van der Waals surface area contributed by atoms with Gasteiger partial charge in [-0.2, -0.15) is 4.98 Å². The molecule has 2 aromatic rings.